The van der Waals surface area contributed by atoms with Gasteiger partial charge in [0.15, 0.2) is 9.84 Å². The molecule has 0 fully saturated rings. The number of hydrogen-bond acceptors (Lipinski definition) is 6. The second-order valence-electron chi connectivity index (χ2n) is 4.67. The summed E-state index contributed by atoms with van der Waals surface area (Å²) >= 11 is 3.42. The summed E-state index contributed by atoms with van der Waals surface area (Å²) in [6.45, 7) is 0. The molecule has 0 atom stereocenters. The number of halogens is 1. The Bertz CT molecular complexity index is 953. The van der Waals surface area contributed by atoms with E-state index in [2.05, 4.69) is 26.1 Å². The number of fused-ring (bicyclic) bond motifs is 1. The molecule has 2 heterocycles. The van der Waals surface area contributed by atoms with Crippen LogP contribution in [0.4, 0.5) is 0 Å². The molecule has 0 radical (unpaired) electrons. The van der Waals surface area contributed by atoms with Gasteiger partial charge in [-0.3, -0.25) is 0 Å². The zero-order valence-corrected chi connectivity index (χ0v) is 14.1. The third-order valence-corrected chi connectivity index (χ3v) is 5.10. The zero-order chi connectivity index (χ0) is 15.9. The second kappa shape index (κ2) is 5.36. The lowest BCUT2D eigenvalue weighted by molar-refractivity contribution is 0.413. The van der Waals surface area contributed by atoms with Gasteiger partial charge in [0, 0.05) is 11.6 Å². The molecule has 0 aliphatic heterocycles. The third-order valence-electron chi connectivity index (χ3n) is 3.19. The molecule has 0 saturated carbocycles. The summed E-state index contributed by atoms with van der Waals surface area (Å²) in [6, 6.07) is 4.89. The van der Waals surface area contributed by atoms with E-state index in [9.17, 15) is 8.42 Å². The van der Waals surface area contributed by atoms with Gasteiger partial charge in [-0.15, -0.1) is 0 Å². The highest BCUT2D eigenvalue weighted by Crippen LogP contribution is 2.36. The van der Waals surface area contributed by atoms with Crippen LogP contribution in [0.2, 0.25) is 0 Å². The largest absolute Gasteiger partial charge is 0.495 e. The van der Waals surface area contributed by atoms with E-state index in [4.69, 9.17) is 9.26 Å². The summed E-state index contributed by atoms with van der Waals surface area (Å²) in [5.41, 5.74) is 1.56. The molecule has 22 heavy (non-hydrogen) atoms. The summed E-state index contributed by atoms with van der Waals surface area (Å²) in [7, 11) is -1.90. The molecule has 0 spiro atoms. The van der Waals surface area contributed by atoms with Crippen molar-refractivity contribution in [1.82, 2.24) is 10.1 Å². The number of aromatic nitrogens is 2. The zero-order valence-electron chi connectivity index (χ0n) is 11.7. The van der Waals surface area contributed by atoms with Crippen LogP contribution in [-0.2, 0) is 9.84 Å². The Kier molecular flexibility index (Phi) is 3.65. The molecule has 6 nitrogen and oxygen atoms in total. The van der Waals surface area contributed by atoms with E-state index < -0.39 is 9.84 Å². The highest BCUT2D eigenvalue weighted by Gasteiger charge is 2.19. The number of benzene rings is 1. The van der Waals surface area contributed by atoms with Crippen molar-refractivity contribution in [2.45, 2.75) is 4.90 Å². The first-order chi connectivity index (χ1) is 10.4. The van der Waals surface area contributed by atoms with Gasteiger partial charge in [-0.25, -0.2) is 13.4 Å². The number of hydrogen-bond donors (Lipinski definition) is 0. The molecule has 3 aromatic rings. The number of pyridine rings is 1. The van der Waals surface area contributed by atoms with Gasteiger partial charge in [0.25, 0.3) is 0 Å². The van der Waals surface area contributed by atoms with E-state index >= 15 is 0 Å². The summed E-state index contributed by atoms with van der Waals surface area (Å²) in [6.07, 6.45) is 4.06. The molecule has 0 unspecified atom stereocenters. The molecule has 0 saturated heterocycles. The minimum Gasteiger partial charge on any atom is -0.495 e. The molecule has 1 aromatic carbocycles. The van der Waals surface area contributed by atoms with Crippen LogP contribution in [0.25, 0.3) is 22.2 Å². The molecule has 3 rings (SSSR count). The van der Waals surface area contributed by atoms with Gasteiger partial charge in [-0.2, -0.15) is 0 Å². The van der Waals surface area contributed by atoms with Crippen molar-refractivity contribution in [3.63, 3.8) is 0 Å². The van der Waals surface area contributed by atoms with Crippen molar-refractivity contribution in [2.75, 3.05) is 13.4 Å². The van der Waals surface area contributed by atoms with Gasteiger partial charge in [0.2, 0.25) is 0 Å². The van der Waals surface area contributed by atoms with Crippen LogP contribution in [0.3, 0.4) is 0 Å². The number of ether oxygens (including phenoxy) is 1. The number of methoxy groups -OCH3 is 1. The predicted molar refractivity (Wildman–Crippen MR) is 84.6 cm³/mol. The highest BCUT2D eigenvalue weighted by molar-refractivity contribution is 9.10. The van der Waals surface area contributed by atoms with E-state index in [1.54, 1.807) is 12.1 Å². The Morgan fingerprint density at radius 2 is 2.09 bits per heavy atom. The van der Waals surface area contributed by atoms with Gasteiger partial charge in [0.1, 0.15) is 12.0 Å². The predicted octanol–water partition coefficient (Wildman–Crippen LogP) is 3.06. The third kappa shape index (κ3) is 2.48. The smallest absolute Gasteiger partial charge is 0.176 e. The minimum absolute atomic E-state index is 0.192. The van der Waals surface area contributed by atoms with E-state index in [1.807, 2.05) is 0 Å². The van der Waals surface area contributed by atoms with Gasteiger partial charge in [-0.1, -0.05) is 5.16 Å². The molecule has 8 heteroatoms. The van der Waals surface area contributed by atoms with E-state index in [0.717, 1.165) is 6.26 Å². The molecular formula is C14H11BrN2O4S. The molecule has 114 valence electrons. The van der Waals surface area contributed by atoms with Crippen molar-refractivity contribution in [2.24, 2.45) is 0 Å². The maximum absolute atomic E-state index is 12.1. The minimum atomic E-state index is -3.43. The average molecular weight is 383 g/mol. The summed E-state index contributed by atoms with van der Waals surface area (Å²) in [5, 5.41) is 4.15. The Morgan fingerprint density at radius 3 is 2.68 bits per heavy atom. The average Bonchev–Trinajstić information content (AvgIpc) is 3.00. The molecular weight excluding hydrogens is 372 g/mol. The van der Waals surface area contributed by atoms with Crippen molar-refractivity contribution in [3.05, 3.63) is 35.1 Å². The SMILES string of the molecule is COc1ccc2c(S(C)(=O)=O)cc(-c3cnoc3)nc2c1Br. The van der Waals surface area contributed by atoms with E-state index in [1.165, 1.54) is 25.6 Å². The lowest BCUT2D eigenvalue weighted by Gasteiger charge is -2.11. The highest BCUT2D eigenvalue weighted by atomic mass is 79.9. The Morgan fingerprint density at radius 1 is 1.32 bits per heavy atom. The summed E-state index contributed by atoms with van der Waals surface area (Å²) in [4.78, 5) is 4.70. The van der Waals surface area contributed by atoms with Crippen LogP contribution < -0.4 is 4.74 Å². The van der Waals surface area contributed by atoms with Crippen LogP contribution in [0, 0.1) is 0 Å². The molecule has 0 amide bonds. The molecule has 0 bridgehead atoms. The first kappa shape index (κ1) is 15.0. The Hall–Kier alpha value is -1.93. The normalized spacial score (nSPS) is 11.8. The van der Waals surface area contributed by atoms with Crippen LogP contribution >= 0.6 is 15.9 Å². The molecule has 2 aromatic heterocycles. The Labute approximate surface area is 135 Å². The first-order valence-corrected chi connectivity index (χ1v) is 8.87. The van der Waals surface area contributed by atoms with Gasteiger partial charge >= 0.3 is 0 Å². The lowest BCUT2D eigenvalue weighted by atomic mass is 10.1. The summed E-state index contributed by atoms with van der Waals surface area (Å²) in [5.74, 6) is 0.571. The van der Waals surface area contributed by atoms with Crippen molar-refractivity contribution < 1.29 is 17.7 Å². The fourth-order valence-corrected chi connectivity index (χ4v) is 3.64. The fraction of sp³-hybridized carbons (Fsp3) is 0.143. The van der Waals surface area contributed by atoms with Gasteiger partial charge in [-0.05, 0) is 34.1 Å². The maximum Gasteiger partial charge on any atom is 0.176 e. The summed E-state index contributed by atoms with van der Waals surface area (Å²) < 4.78 is 34.9. The number of nitrogens with zero attached hydrogens (tertiary/aromatic N) is 2. The van der Waals surface area contributed by atoms with Crippen LogP contribution in [-0.4, -0.2) is 31.9 Å². The molecule has 0 N–H and O–H groups in total. The fourth-order valence-electron chi connectivity index (χ4n) is 2.15. The first-order valence-electron chi connectivity index (χ1n) is 6.19. The standard InChI is InChI=1S/C14H11BrN2O4S/c1-20-11-4-3-9-12(22(2,18)19)5-10(8-6-16-21-7-8)17-14(9)13(11)15/h3-7H,1-2H3. The van der Waals surface area contributed by atoms with Crippen LogP contribution in [0.5, 0.6) is 5.75 Å². The maximum atomic E-state index is 12.1. The Balaban J connectivity index is 2.44. The second-order valence-corrected chi connectivity index (χ2v) is 7.45. The van der Waals surface area contributed by atoms with E-state index in [-0.39, 0.29) is 4.90 Å². The quantitative estimate of drug-likeness (QED) is 0.692. The molecule has 0 aliphatic carbocycles. The number of sulfone groups is 1. The van der Waals surface area contributed by atoms with Gasteiger partial charge < -0.3 is 9.26 Å². The topological polar surface area (TPSA) is 82.3 Å². The van der Waals surface area contributed by atoms with Crippen molar-refractivity contribution >= 4 is 36.7 Å². The lowest BCUT2D eigenvalue weighted by Crippen LogP contribution is -2.01. The van der Waals surface area contributed by atoms with Gasteiger partial charge in [0.05, 0.1) is 39.4 Å². The van der Waals surface area contributed by atoms with Crippen LogP contribution in [0.15, 0.2) is 44.6 Å². The van der Waals surface area contributed by atoms with Crippen molar-refractivity contribution in [1.29, 1.82) is 0 Å². The van der Waals surface area contributed by atoms with Crippen molar-refractivity contribution in [3.8, 4) is 17.0 Å². The van der Waals surface area contributed by atoms with Crippen LogP contribution in [0.1, 0.15) is 0 Å². The molecule has 0 aliphatic rings. The monoisotopic (exact) mass is 382 g/mol. The van der Waals surface area contributed by atoms with E-state index in [0.29, 0.717) is 32.4 Å². The number of rotatable bonds is 3.